The fourth-order valence-corrected chi connectivity index (χ4v) is 12.7. The fourth-order valence-electron chi connectivity index (χ4n) is 7.94. The van der Waals surface area contributed by atoms with Crippen molar-refractivity contribution < 1.29 is 0 Å². The third kappa shape index (κ3) is 4.70. The van der Waals surface area contributed by atoms with Crippen LogP contribution in [0.25, 0.3) is 37.2 Å². The van der Waals surface area contributed by atoms with E-state index < -0.39 is 8.07 Å². The summed E-state index contributed by atoms with van der Waals surface area (Å²) in [5.41, 5.74) is 3.81. The molecule has 2 nitrogen and oxygen atoms in total. The van der Waals surface area contributed by atoms with Gasteiger partial charge in [0.1, 0.15) is 0 Å². The highest BCUT2D eigenvalue weighted by Crippen LogP contribution is 2.43. The van der Waals surface area contributed by atoms with Gasteiger partial charge in [-0.25, -0.2) is 4.85 Å². The Morgan fingerprint density at radius 2 is 0.820 bits per heavy atom. The molecule has 0 spiro atoms. The van der Waals surface area contributed by atoms with Crippen LogP contribution in [0.15, 0.2) is 194 Å². The second-order valence-electron chi connectivity index (χ2n) is 12.8. The summed E-state index contributed by atoms with van der Waals surface area (Å²) >= 11 is 0. The zero-order valence-corrected chi connectivity index (χ0v) is 28.4. The van der Waals surface area contributed by atoms with E-state index in [1.165, 1.54) is 53.1 Å². The number of benzene rings is 9. The Bertz CT molecular complexity index is 2520. The summed E-state index contributed by atoms with van der Waals surface area (Å²) in [5.74, 6) is 0. The van der Waals surface area contributed by atoms with Gasteiger partial charge in [0.15, 0.2) is 13.8 Å². The van der Waals surface area contributed by atoms with E-state index in [1.807, 2.05) is 12.1 Å². The first-order valence-electron chi connectivity index (χ1n) is 17.0. The number of hydrogen-bond acceptors (Lipinski definition) is 1. The van der Waals surface area contributed by atoms with Crippen molar-refractivity contribution in [3.8, 4) is 0 Å². The lowest BCUT2D eigenvalue weighted by atomic mass is 9.93. The predicted octanol–water partition coefficient (Wildman–Crippen LogP) is 9.98. The Balaban J connectivity index is 1.28. The first kappa shape index (κ1) is 29.6. The van der Waals surface area contributed by atoms with E-state index in [0.717, 1.165) is 17.1 Å². The minimum Gasteiger partial charge on any atom is -0.310 e. The van der Waals surface area contributed by atoms with Crippen LogP contribution in [0.3, 0.4) is 0 Å². The standard InChI is InChI=1S/C47H32N2Si/c1-48-37-24-26-38(27-25-37)49(45-33-23-36-21-20-34-12-11-13-35-22-32-44(45)47(36)46(34)35)39-28-30-43(31-29-39)50(40-14-5-2-6-15-40,41-16-7-3-8-17-41)42-18-9-4-10-19-42/h2-33H. The van der Waals surface area contributed by atoms with Gasteiger partial charge in [-0.3, -0.25) is 0 Å². The third-order valence-electron chi connectivity index (χ3n) is 10.2. The Morgan fingerprint density at radius 3 is 1.34 bits per heavy atom. The molecule has 0 atom stereocenters. The van der Waals surface area contributed by atoms with Crippen LogP contribution in [0.2, 0.25) is 0 Å². The zero-order valence-electron chi connectivity index (χ0n) is 27.4. The number of rotatable bonds is 7. The molecule has 234 valence electrons. The van der Waals surface area contributed by atoms with Gasteiger partial charge in [-0.15, -0.1) is 0 Å². The van der Waals surface area contributed by atoms with Gasteiger partial charge >= 0.3 is 0 Å². The summed E-state index contributed by atoms with van der Waals surface area (Å²) in [6.45, 7) is 7.59. The highest BCUT2D eigenvalue weighted by molar-refractivity contribution is 7.19. The van der Waals surface area contributed by atoms with Crippen LogP contribution in [-0.2, 0) is 0 Å². The van der Waals surface area contributed by atoms with E-state index in [2.05, 4.69) is 192 Å². The van der Waals surface area contributed by atoms with Gasteiger partial charge in [-0.2, -0.15) is 0 Å². The summed E-state index contributed by atoms with van der Waals surface area (Å²) in [6.07, 6.45) is 0. The van der Waals surface area contributed by atoms with E-state index in [-0.39, 0.29) is 0 Å². The molecule has 0 aliphatic heterocycles. The lowest BCUT2D eigenvalue weighted by Crippen LogP contribution is -2.74. The molecule has 0 saturated heterocycles. The van der Waals surface area contributed by atoms with Gasteiger partial charge in [0.2, 0.25) is 0 Å². The average molecular weight is 653 g/mol. The maximum Gasteiger partial charge on any atom is 0.187 e. The minimum atomic E-state index is -2.67. The van der Waals surface area contributed by atoms with E-state index in [1.54, 1.807) is 0 Å². The zero-order chi connectivity index (χ0) is 33.5. The van der Waals surface area contributed by atoms with Gasteiger partial charge in [0.25, 0.3) is 0 Å². The lowest BCUT2D eigenvalue weighted by Gasteiger charge is -2.35. The van der Waals surface area contributed by atoms with Crippen molar-refractivity contribution in [3.05, 3.63) is 206 Å². The molecule has 0 saturated carbocycles. The summed E-state index contributed by atoms with van der Waals surface area (Å²) in [6, 6.07) is 70.4. The Morgan fingerprint density at radius 1 is 0.380 bits per heavy atom. The molecule has 0 bridgehead atoms. The maximum absolute atomic E-state index is 7.59. The maximum atomic E-state index is 7.59. The van der Waals surface area contributed by atoms with Gasteiger partial charge in [-0.1, -0.05) is 164 Å². The van der Waals surface area contributed by atoms with Crippen molar-refractivity contribution in [2.45, 2.75) is 0 Å². The van der Waals surface area contributed by atoms with Crippen LogP contribution in [0.4, 0.5) is 22.7 Å². The van der Waals surface area contributed by atoms with E-state index in [4.69, 9.17) is 6.57 Å². The summed E-state index contributed by atoms with van der Waals surface area (Å²) in [5, 5.41) is 12.9. The molecule has 0 unspecified atom stereocenters. The van der Waals surface area contributed by atoms with E-state index in [9.17, 15) is 0 Å². The molecule has 9 aromatic rings. The molecule has 0 aromatic heterocycles. The van der Waals surface area contributed by atoms with E-state index >= 15 is 0 Å². The monoisotopic (exact) mass is 652 g/mol. The molecular weight excluding hydrogens is 621 g/mol. The number of nitrogens with zero attached hydrogens (tertiary/aromatic N) is 2. The summed E-state index contributed by atoms with van der Waals surface area (Å²) in [7, 11) is -2.67. The first-order chi connectivity index (χ1) is 24.8. The predicted molar refractivity (Wildman–Crippen MR) is 215 cm³/mol. The van der Waals surface area contributed by atoms with Crippen molar-refractivity contribution in [1.29, 1.82) is 0 Å². The SMILES string of the molecule is [C-]#[N+]c1ccc(N(c2ccc([Si](c3ccccc3)(c3ccccc3)c3ccccc3)cc2)c2ccc3ccc4cccc5ccc2c3c45)cc1. The molecule has 0 aliphatic rings. The van der Waals surface area contributed by atoms with Crippen LogP contribution < -0.4 is 25.6 Å². The smallest absolute Gasteiger partial charge is 0.187 e. The summed E-state index contributed by atoms with van der Waals surface area (Å²) in [4.78, 5) is 6.03. The molecule has 9 aromatic carbocycles. The van der Waals surface area contributed by atoms with Gasteiger partial charge in [0.05, 0.1) is 12.3 Å². The van der Waals surface area contributed by atoms with Crippen LogP contribution in [0.1, 0.15) is 0 Å². The van der Waals surface area contributed by atoms with Crippen LogP contribution in [-0.4, -0.2) is 8.07 Å². The highest BCUT2D eigenvalue weighted by Gasteiger charge is 2.41. The topological polar surface area (TPSA) is 7.60 Å². The highest BCUT2D eigenvalue weighted by atomic mass is 28.3. The molecule has 9 rings (SSSR count). The Hall–Kier alpha value is -6.47. The quantitative estimate of drug-likeness (QED) is 0.0720. The first-order valence-corrected chi connectivity index (χ1v) is 19.0. The second-order valence-corrected chi connectivity index (χ2v) is 16.6. The largest absolute Gasteiger partial charge is 0.310 e. The van der Waals surface area contributed by atoms with Crippen molar-refractivity contribution in [3.63, 3.8) is 0 Å². The number of hydrogen-bond donors (Lipinski definition) is 0. The molecular formula is C47H32N2Si. The Labute approximate surface area is 293 Å². The molecule has 50 heavy (non-hydrogen) atoms. The molecule has 0 radical (unpaired) electrons. The number of anilines is 3. The van der Waals surface area contributed by atoms with Crippen LogP contribution in [0.5, 0.6) is 0 Å². The van der Waals surface area contributed by atoms with Gasteiger partial charge in [0, 0.05) is 16.8 Å². The molecule has 0 fully saturated rings. The molecule has 0 heterocycles. The fraction of sp³-hybridized carbons (Fsp3) is 0. The van der Waals surface area contributed by atoms with Crippen molar-refractivity contribution in [2.24, 2.45) is 0 Å². The molecule has 0 N–H and O–H groups in total. The van der Waals surface area contributed by atoms with Crippen molar-refractivity contribution >= 4 is 83.9 Å². The van der Waals surface area contributed by atoms with Crippen LogP contribution >= 0.6 is 0 Å². The van der Waals surface area contributed by atoms with Crippen LogP contribution in [0, 0.1) is 6.57 Å². The van der Waals surface area contributed by atoms with E-state index in [0.29, 0.717) is 5.69 Å². The third-order valence-corrected chi connectivity index (χ3v) is 15.0. The van der Waals surface area contributed by atoms with Gasteiger partial charge < -0.3 is 4.90 Å². The second kappa shape index (κ2) is 12.2. The Kier molecular flexibility index (Phi) is 7.24. The average Bonchev–Trinajstić information content (AvgIpc) is 3.20. The lowest BCUT2D eigenvalue weighted by molar-refractivity contribution is 1.30. The molecule has 0 aliphatic carbocycles. The minimum absolute atomic E-state index is 0.629. The van der Waals surface area contributed by atoms with Crippen molar-refractivity contribution in [1.82, 2.24) is 0 Å². The molecule has 3 heteroatoms. The van der Waals surface area contributed by atoms with Crippen molar-refractivity contribution in [2.75, 3.05) is 4.90 Å². The summed E-state index contributed by atoms with van der Waals surface area (Å²) < 4.78 is 0. The van der Waals surface area contributed by atoms with Gasteiger partial charge in [-0.05, 0) is 78.0 Å². The molecule has 0 amide bonds. The normalized spacial score (nSPS) is 11.6.